The molecule has 0 fully saturated rings. The normalized spacial score (nSPS) is 11.5. The summed E-state index contributed by atoms with van der Waals surface area (Å²) < 4.78 is 16.5. The second-order valence-electron chi connectivity index (χ2n) is 6.12. The zero-order valence-corrected chi connectivity index (χ0v) is 16.8. The van der Waals surface area contributed by atoms with Crippen LogP contribution in [0.1, 0.15) is 37.3 Å². The second-order valence-corrected chi connectivity index (χ2v) is 6.12. The lowest BCUT2D eigenvalue weighted by Gasteiger charge is -2.15. The number of ether oxygens (including phenoxy) is 3. The average Bonchev–Trinajstić information content (AvgIpc) is 2.65. The van der Waals surface area contributed by atoms with Crippen molar-refractivity contribution in [1.29, 1.82) is 0 Å². The summed E-state index contributed by atoms with van der Waals surface area (Å²) in [6.07, 6.45) is 3.13. The van der Waals surface area contributed by atoms with E-state index in [1.807, 2.05) is 0 Å². The van der Waals surface area contributed by atoms with E-state index in [-0.39, 0.29) is 0 Å². The molecule has 0 spiro atoms. The van der Waals surface area contributed by atoms with Gasteiger partial charge in [0.15, 0.2) is 5.96 Å². The number of nitrogens with zero attached hydrogens (tertiary/aromatic N) is 1. The van der Waals surface area contributed by atoms with Crippen molar-refractivity contribution in [3.8, 4) is 5.75 Å². The van der Waals surface area contributed by atoms with Crippen molar-refractivity contribution >= 4 is 5.96 Å². The highest BCUT2D eigenvalue weighted by atomic mass is 16.5. The minimum Gasteiger partial charge on any atom is -0.493 e. The van der Waals surface area contributed by atoms with Gasteiger partial charge in [0.25, 0.3) is 0 Å². The lowest BCUT2D eigenvalue weighted by Crippen LogP contribution is -2.38. The molecule has 0 aliphatic heterocycles. The van der Waals surface area contributed by atoms with Crippen LogP contribution in [0.3, 0.4) is 0 Å². The topological polar surface area (TPSA) is 64.1 Å². The van der Waals surface area contributed by atoms with Gasteiger partial charge in [-0.15, -0.1) is 0 Å². The van der Waals surface area contributed by atoms with E-state index in [9.17, 15) is 0 Å². The van der Waals surface area contributed by atoms with Gasteiger partial charge in [-0.1, -0.05) is 25.5 Å². The Bertz CT molecular complexity index is 521. The summed E-state index contributed by atoms with van der Waals surface area (Å²) in [5.74, 6) is 1.67. The molecule has 6 heteroatoms. The van der Waals surface area contributed by atoms with Crippen LogP contribution in [-0.4, -0.2) is 53.1 Å². The fraction of sp³-hybridized carbons (Fsp3) is 0.650. The number of rotatable bonds is 13. The molecule has 1 aromatic carbocycles. The fourth-order valence-corrected chi connectivity index (χ4v) is 2.32. The van der Waals surface area contributed by atoms with Crippen molar-refractivity contribution in [3.05, 3.63) is 29.3 Å². The molecule has 148 valence electrons. The number of nitrogens with one attached hydrogen (secondary N) is 2. The first-order valence-electron chi connectivity index (χ1n) is 9.44. The zero-order chi connectivity index (χ0) is 19.0. The molecule has 0 aromatic heterocycles. The second kappa shape index (κ2) is 14.4. The average molecular weight is 366 g/mol. The van der Waals surface area contributed by atoms with Crippen LogP contribution in [0.25, 0.3) is 0 Å². The Morgan fingerprint density at radius 2 is 1.92 bits per heavy atom. The summed E-state index contributed by atoms with van der Waals surface area (Å²) in [6, 6.07) is 6.26. The van der Waals surface area contributed by atoms with E-state index in [0.717, 1.165) is 49.7 Å². The quantitative estimate of drug-likeness (QED) is 0.320. The highest BCUT2D eigenvalue weighted by Crippen LogP contribution is 2.20. The molecular weight excluding hydrogens is 330 g/mol. The molecule has 0 aliphatic rings. The summed E-state index contributed by atoms with van der Waals surface area (Å²) in [6.45, 7) is 8.46. The number of guanidine groups is 1. The van der Waals surface area contributed by atoms with Gasteiger partial charge in [0.1, 0.15) is 5.75 Å². The van der Waals surface area contributed by atoms with Crippen molar-refractivity contribution in [2.45, 2.75) is 39.7 Å². The Morgan fingerprint density at radius 3 is 2.65 bits per heavy atom. The molecule has 0 radical (unpaired) electrons. The molecule has 0 aliphatic carbocycles. The molecule has 2 N–H and O–H groups in total. The van der Waals surface area contributed by atoms with E-state index in [1.165, 1.54) is 5.56 Å². The maximum Gasteiger partial charge on any atom is 0.191 e. The summed E-state index contributed by atoms with van der Waals surface area (Å²) in [5.41, 5.74) is 2.29. The maximum absolute atomic E-state index is 5.92. The van der Waals surface area contributed by atoms with Gasteiger partial charge >= 0.3 is 0 Å². The molecule has 6 nitrogen and oxygen atoms in total. The van der Waals surface area contributed by atoms with Crippen LogP contribution in [0.5, 0.6) is 5.75 Å². The fourth-order valence-electron chi connectivity index (χ4n) is 2.32. The smallest absolute Gasteiger partial charge is 0.191 e. The molecule has 0 unspecified atom stereocenters. The van der Waals surface area contributed by atoms with Crippen molar-refractivity contribution in [1.82, 2.24) is 10.6 Å². The minimum absolute atomic E-state index is 0.645. The van der Waals surface area contributed by atoms with Gasteiger partial charge in [-0.2, -0.15) is 0 Å². The number of unbranched alkanes of at least 4 members (excludes halogenated alkanes) is 1. The van der Waals surface area contributed by atoms with E-state index < -0.39 is 0 Å². The largest absolute Gasteiger partial charge is 0.493 e. The van der Waals surface area contributed by atoms with Crippen LogP contribution in [0.15, 0.2) is 23.2 Å². The van der Waals surface area contributed by atoms with Crippen molar-refractivity contribution in [2.24, 2.45) is 4.99 Å². The SMILES string of the molecule is CCCCOCCNC(=NC)NCc1ccc(C)cc1OCCCOC. The third-order valence-corrected chi connectivity index (χ3v) is 3.82. The van der Waals surface area contributed by atoms with Crippen LogP contribution in [0.4, 0.5) is 0 Å². The van der Waals surface area contributed by atoms with E-state index in [2.05, 4.69) is 47.7 Å². The molecule has 0 amide bonds. The number of methoxy groups -OCH3 is 1. The summed E-state index contributed by atoms with van der Waals surface area (Å²) in [7, 11) is 3.47. The van der Waals surface area contributed by atoms with Crippen LogP contribution in [-0.2, 0) is 16.0 Å². The third kappa shape index (κ3) is 9.63. The van der Waals surface area contributed by atoms with Crippen molar-refractivity contribution in [3.63, 3.8) is 0 Å². The molecule has 0 saturated heterocycles. The third-order valence-electron chi connectivity index (χ3n) is 3.82. The number of aliphatic imine (C=N–C) groups is 1. The minimum atomic E-state index is 0.645. The van der Waals surface area contributed by atoms with Gasteiger partial charge < -0.3 is 24.8 Å². The van der Waals surface area contributed by atoms with Crippen LogP contribution in [0.2, 0.25) is 0 Å². The highest BCUT2D eigenvalue weighted by molar-refractivity contribution is 5.79. The lowest BCUT2D eigenvalue weighted by molar-refractivity contribution is 0.136. The van der Waals surface area contributed by atoms with E-state index in [4.69, 9.17) is 14.2 Å². The summed E-state index contributed by atoms with van der Waals surface area (Å²) >= 11 is 0. The molecular formula is C20H35N3O3. The van der Waals surface area contributed by atoms with Crippen molar-refractivity contribution in [2.75, 3.05) is 47.1 Å². The van der Waals surface area contributed by atoms with Crippen molar-refractivity contribution < 1.29 is 14.2 Å². The summed E-state index contributed by atoms with van der Waals surface area (Å²) in [4.78, 5) is 4.25. The van der Waals surface area contributed by atoms with E-state index in [1.54, 1.807) is 14.2 Å². The first kappa shape index (κ1) is 22.3. The monoisotopic (exact) mass is 365 g/mol. The van der Waals surface area contributed by atoms with E-state index >= 15 is 0 Å². The summed E-state index contributed by atoms with van der Waals surface area (Å²) in [5, 5.41) is 6.59. The number of aryl methyl sites for hydroxylation is 1. The molecule has 0 bridgehead atoms. The van der Waals surface area contributed by atoms with Gasteiger partial charge in [0.05, 0.1) is 13.2 Å². The Labute approximate surface area is 158 Å². The Kier molecular flexibility index (Phi) is 12.3. The Balaban J connectivity index is 2.43. The van der Waals surface area contributed by atoms with Gasteiger partial charge in [0.2, 0.25) is 0 Å². The number of hydrogen-bond donors (Lipinski definition) is 2. The zero-order valence-electron chi connectivity index (χ0n) is 16.8. The molecule has 1 aromatic rings. The van der Waals surface area contributed by atoms with E-state index in [0.29, 0.717) is 26.4 Å². The highest BCUT2D eigenvalue weighted by Gasteiger charge is 2.06. The standard InChI is InChI=1S/C20H35N3O3/c1-5-6-12-25-14-10-22-20(21-3)23-16-18-9-8-17(2)15-19(18)26-13-7-11-24-4/h8-9,15H,5-7,10-14,16H2,1-4H3,(H2,21,22,23). The van der Waals surface area contributed by atoms with Crippen LogP contribution >= 0.6 is 0 Å². The predicted molar refractivity (Wildman–Crippen MR) is 107 cm³/mol. The molecule has 0 atom stereocenters. The van der Waals surface area contributed by atoms with Crippen LogP contribution < -0.4 is 15.4 Å². The van der Waals surface area contributed by atoms with Gasteiger partial charge in [-0.05, 0) is 25.0 Å². The van der Waals surface area contributed by atoms with Gasteiger partial charge in [-0.3, -0.25) is 4.99 Å². The molecule has 0 saturated carbocycles. The Morgan fingerprint density at radius 1 is 1.08 bits per heavy atom. The number of hydrogen-bond acceptors (Lipinski definition) is 4. The molecule has 0 heterocycles. The lowest BCUT2D eigenvalue weighted by atomic mass is 10.1. The first-order valence-corrected chi connectivity index (χ1v) is 9.44. The van der Waals surface area contributed by atoms with Gasteiger partial charge in [0, 0.05) is 52.4 Å². The Hall–Kier alpha value is -1.79. The number of benzene rings is 1. The van der Waals surface area contributed by atoms with Crippen LogP contribution in [0, 0.1) is 6.92 Å². The molecule has 1 rings (SSSR count). The first-order chi connectivity index (χ1) is 12.7. The maximum atomic E-state index is 5.92. The molecule has 26 heavy (non-hydrogen) atoms. The van der Waals surface area contributed by atoms with Gasteiger partial charge in [-0.25, -0.2) is 0 Å². The predicted octanol–water partition coefficient (Wildman–Crippen LogP) is 2.89.